The first-order valence-electron chi connectivity index (χ1n) is 4.49. The molecule has 14 heavy (non-hydrogen) atoms. The fourth-order valence-corrected chi connectivity index (χ4v) is 1.60. The number of benzene rings is 1. The number of rotatable bonds is 2. The molecule has 4 heteroatoms. The summed E-state index contributed by atoms with van der Waals surface area (Å²) in [6.45, 7) is 1.22. The summed E-state index contributed by atoms with van der Waals surface area (Å²) in [5.41, 5.74) is 5.94. The van der Waals surface area contributed by atoms with Gasteiger partial charge in [0.1, 0.15) is 11.6 Å². The Kier molecular flexibility index (Phi) is 2.17. The molecule has 0 bridgehead atoms. The number of nitrogens with two attached hydrogens (primary N) is 1. The van der Waals surface area contributed by atoms with Gasteiger partial charge in [0, 0.05) is 18.7 Å². The first-order valence-corrected chi connectivity index (χ1v) is 4.49. The fourth-order valence-electron chi connectivity index (χ4n) is 1.60. The third kappa shape index (κ3) is 1.36. The van der Waals surface area contributed by atoms with Crippen LogP contribution in [0.4, 0.5) is 4.39 Å². The molecule has 1 aromatic carbocycles. The van der Waals surface area contributed by atoms with Crippen molar-refractivity contribution in [2.45, 2.75) is 5.54 Å². The van der Waals surface area contributed by atoms with Gasteiger partial charge in [0.15, 0.2) is 0 Å². The predicted molar refractivity (Wildman–Crippen MR) is 51.7 cm³/mol. The lowest BCUT2D eigenvalue weighted by atomic mass is 9.85. The molecule has 76 valence electrons. The second-order valence-corrected chi connectivity index (χ2v) is 3.61. The molecule has 1 aliphatic rings. The summed E-state index contributed by atoms with van der Waals surface area (Å²) >= 11 is 0. The van der Waals surface area contributed by atoms with Crippen molar-refractivity contribution in [2.75, 3.05) is 20.2 Å². The summed E-state index contributed by atoms with van der Waals surface area (Å²) in [5, 5.41) is 3.03. The van der Waals surface area contributed by atoms with E-state index in [4.69, 9.17) is 10.5 Å². The zero-order valence-electron chi connectivity index (χ0n) is 8.01. The maximum atomic E-state index is 13.5. The van der Waals surface area contributed by atoms with Crippen molar-refractivity contribution < 1.29 is 9.13 Å². The van der Waals surface area contributed by atoms with Gasteiger partial charge < -0.3 is 15.8 Å². The molecule has 0 aliphatic carbocycles. The van der Waals surface area contributed by atoms with E-state index < -0.39 is 5.54 Å². The highest BCUT2D eigenvalue weighted by molar-refractivity contribution is 5.36. The Balaban J connectivity index is 2.40. The van der Waals surface area contributed by atoms with Crippen LogP contribution >= 0.6 is 0 Å². The summed E-state index contributed by atoms with van der Waals surface area (Å²) in [4.78, 5) is 0. The van der Waals surface area contributed by atoms with Gasteiger partial charge in [-0.15, -0.1) is 0 Å². The van der Waals surface area contributed by atoms with E-state index in [0.29, 0.717) is 24.4 Å². The topological polar surface area (TPSA) is 47.3 Å². The average molecular weight is 196 g/mol. The monoisotopic (exact) mass is 196 g/mol. The lowest BCUT2D eigenvalue weighted by Gasteiger charge is -2.39. The molecule has 3 N–H and O–H groups in total. The van der Waals surface area contributed by atoms with Crippen LogP contribution in [0.2, 0.25) is 0 Å². The highest BCUT2D eigenvalue weighted by Crippen LogP contribution is 2.28. The van der Waals surface area contributed by atoms with Gasteiger partial charge in [0.05, 0.1) is 12.6 Å². The Hall–Kier alpha value is -1.13. The summed E-state index contributed by atoms with van der Waals surface area (Å²) in [6.07, 6.45) is 0. The highest BCUT2D eigenvalue weighted by atomic mass is 19.1. The largest absolute Gasteiger partial charge is 0.497 e. The zero-order valence-corrected chi connectivity index (χ0v) is 8.01. The molecular weight excluding hydrogens is 183 g/mol. The average Bonchev–Trinajstić information content (AvgIpc) is 2.15. The van der Waals surface area contributed by atoms with Crippen molar-refractivity contribution in [1.29, 1.82) is 0 Å². The van der Waals surface area contributed by atoms with Crippen molar-refractivity contribution in [3.63, 3.8) is 0 Å². The first kappa shape index (κ1) is 9.43. The maximum Gasteiger partial charge on any atom is 0.128 e. The smallest absolute Gasteiger partial charge is 0.128 e. The molecule has 1 fully saturated rings. The summed E-state index contributed by atoms with van der Waals surface area (Å²) in [5.74, 6) is 0.368. The zero-order chi connectivity index (χ0) is 10.2. The molecule has 0 amide bonds. The van der Waals surface area contributed by atoms with E-state index in [-0.39, 0.29) is 5.82 Å². The minimum atomic E-state index is -0.571. The summed E-state index contributed by atoms with van der Waals surface area (Å²) in [7, 11) is 1.55. The number of hydrogen-bond donors (Lipinski definition) is 2. The van der Waals surface area contributed by atoms with Crippen LogP contribution in [0.3, 0.4) is 0 Å². The van der Waals surface area contributed by atoms with Gasteiger partial charge in [-0.1, -0.05) is 0 Å². The first-order chi connectivity index (χ1) is 6.65. The minimum absolute atomic E-state index is 0.269. The van der Waals surface area contributed by atoms with Crippen LogP contribution in [0, 0.1) is 5.82 Å². The quantitative estimate of drug-likeness (QED) is 0.727. The van der Waals surface area contributed by atoms with Gasteiger partial charge in [-0.2, -0.15) is 0 Å². The van der Waals surface area contributed by atoms with Gasteiger partial charge in [0.25, 0.3) is 0 Å². The molecule has 0 unspecified atom stereocenters. The lowest BCUT2D eigenvalue weighted by Crippen LogP contribution is -2.63. The van der Waals surface area contributed by atoms with Crippen molar-refractivity contribution >= 4 is 0 Å². The van der Waals surface area contributed by atoms with E-state index in [1.807, 2.05) is 0 Å². The summed E-state index contributed by atoms with van der Waals surface area (Å²) in [6, 6.07) is 4.64. The molecule has 0 saturated carbocycles. The van der Waals surface area contributed by atoms with Crippen LogP contribution < -0.4 is 15.8 Å². The van der Waals surface area contributed by atoms with Crippen molar-refractivity contribution in [2.24, 2.45) is 5.73 Å². The van der Waals surface area contributed by atoms with Gasteiger partial charge in [0.2, 0.25) is 0 Å². The van der Waals surface area contributed by atoms with Crippen LogP contribution in [0.5, 0.6) is 5.75 Å². The molecule has 1 aromatic rings. The minimum Gasteiger partial charge on any atom is -0.497 e. The predicted octanol–water partition coefficient (Wildman–Crippen LogP) is 0.591. The second kappa shape index (κ2) is 3.22. The standard InChI is InChI=1S/C10H13FN2O/c1-14-7-2-3-9(11)8(4-7)10(12)5-13-6-10/h2-4,13H,5-6,12H2,1H3. The highest BCUT2D eigenvalue weighted by Gasteiger charge is 2.36. The number of nitrogens with one attached hydrogen (secondary N) is 1. The number of methoxy groups -OCH3 is 1. The molecule has 0 aromatic heterocycles. The molecule has 1 aliphatic heterocycles. The van der Waals surface area contributed by atoms with Crippen LogP contribution in [0.15, 0.2) is 18.2 Å². The SMILES string of the molecule is COc1ccc(F)c(C2(N)CNC2)c1. The van der Waals surface area contributed by atoms with Crippen molar-refractivity contribution in [1.82, 2.24) is 5.32 Å². The van der Waals surface area contributed by atoms with E-state index in [2.05, 4.69) is 5.32 Å². The van der Waals surface area contributed by atoms with Gasteiger partial charge in [-0.3, -0.25) is 0 Å². The fraction of sp³-hybridized carbons (Fsp3) is 0.400. The third-order valence-electron chi connectivity index (χ3n) is 2.59. The molecule has 0 radical (unpaired) electrons. The Morgan fingerprint density at radius 1 is 1.50 bits per heavy atom. The molecule has 1 heterocycles. The molecule has 0 atom stereocenters. The molecule has 3 nitrogen and oxygen atoms in total. The molecule has 1 saturated heterocycles. The Morgan fingerprint density at radius 2 is 2.21 bits per heavy atom. The Bertz CT molecular complexity index is 350. The molecule has 0 spiro atoms. The van der Waals surface area contributed by atoms with Gasteiger partial charge in [-0.25, -0.2) is 4.39 Å². The van der Waals surface area contributed by atoms with Gasteiger partial charge in [-0.05, 0) is 18.2 Å². The third-order valence-corrected chi connectivity index (χ3v) is 2.59. The van der Waals surface area contributed by atoms with Crippen LogP contribution in [0.1, 0.15) is 5.56 Å². The second-order valence-electron chi connectivity index (χ2n) is 3.61. The summed E-state index contributed by atoms with van der Waals surface area (Å²) < 4.78 is 18.5. The normalized spacial score (nSPS) is 18.8. The van der Waals surface area contributed by atoms with E-state index in [1.54, 1.807) is 19.2 Å². The van der Waals surface area contributed by atoms with E-state index >= 15 is 0 Å². The van der Waals surface area contributed by atoms with E-state index in [0.717, 1.165) is 0 Å². The van der Waals surface area contributed by atoms with Crippen molar-refractivity contribution in [3.05, 3.63) is 29.6 Å². The number of ether oxygens (including phenoxy) is 1. The van der Waals surface area contributed by atoms with Crippen LogP contribution in [0.25, 0.3) is 0 Å². The van der Waals surface area contributed by atoms with Crippen LogP contribution in [-0.2, 0) is 5.54 Å². The Morgan fingerprint density at radius 3 is 2.71 bits per heavy atom. The Labute approximate surface area is 82.1 Å². The lowest BCUT2D eigenvalue weighted by molar-refractivity contribution is 0.276. The van der Waals surface area contributed by atoms with Crippen molar-refractivity contribution in [3.8, 4) is 5.75 Å². The van der Waals surface area contributed by atoms with Crippen LogP contribution in [-0.4, -0.2) is 20.2 Å². The van der Waals surface area contributed by atoms with Gasteiger partial charge >= 0.3 is 0 Å². The van der Waals surface area contributed by atoms with E-state index in [1.165, 1.54) is 6.07 Å². The maximum absolute atomic E-state index is 13.5. The molecule has 2 rings (SSSR count). The molecular formula is C10H13FN2O. The number of halogens is 1. The number of hydrogen-bond acceptors (Lipinski definition) is 3. The van der Waals surface area contributed by atoms with E-state index in [9.17, 15) is 4.39 Å².